The lowest BCUT2D eigenvalue weighted by Gasteiger charge is -2.26. The van der Waals surface area contributed by atoms with Crippen molar-refractivity contribution in [1.29, 1.82) is 0 Å². The molecular weight excluding hydrogens is 262 g/mol. The van der Waals surface area contributed by atoms with Crippen LogP contribution in [0.15, 0.2) is 18.2 Å². The van der Waals surface area contributed by atoms with Crippen molar-refractivity contribution in [2.45, 2.75) is 25.3 Å². The number of hydrogen-bond donors (Lipinski definition) is 3. The van der Waals surface area contributed by atoms with Crippen molar-refractivity contribution in [2.24, 2.45) is 5.73 Å². The average molecular weight is 279 g/mol. The van der Waals surface area contributed by atoms with Crippen molar-refractivity contribution in [1.82, 2.24) is 5.32 Å². The molecule has 0 atom stereocenters. The summed E-state index contributed by atoms with van der Waals surface area (Å²) in [5.41, 5.74) is 6.76. The van der Waals surface area contributed by atoms with Gasteiger partial charge in [-0.15, -0.1) is 0 Å². The number of carbonyl (C=O) groups excluding carboxylic acids is 1. The van der Waals surface area contributed by atoms with E-state index in [9.17, 15) is 4.79 Å². The van der Waals surface area contributed by atoms with Gasteiger partial charge in [0, 0.05) is 11.6 Å². The van der Waals surface area contributed by atoms with E-state index in [0.29, 0.717) is 17.0 Å². The van der Waals surface area contributed by atoms with Crippen LogP contribution < -0.4 is 21.1 Å². The van der Waals surface area contributed by atoms with Crippen molar-refractivity contribution in [2.75, 3.05) is 12.4 Å². The first-order chi connectivity index (χ1) is 9.11. The van der Waals surface area contributed by atoms with Crippen LogP contribution in [0, 0.1) is 0 Å². The summed E-state index contributed by atoms with van der Waals surface area (Å²) >= 11 is 4.98. The quantitative estimate of drug-likeness (QED) is 0.737. The molecule has 1 aliphatic carbocycles. The molecule has 1 aromatic rings. The van der Waals surface area contributed by atoms with Gasteiger partial charge in [-0.25, -0.2) is 4.79 Å². The number of benzene rings is 1. The SMILES string of the molecule is COc1cccc(C(N)=S)c1NC(=O)NC1CCC1. The molecule has 4 N–H and O–H groups in total. The maximum Gasteiger partial charge on any atom is 0.319 e. The van der Waals surface area contributed by atoms with E-state index < -0.39 is 0 Å². The monoisotopic (exact) mass is 279 g/mol. The number of thiocarbonyl (C=S) groups is 1. The van der Waals surface area contributed by atoms with Crippen LogP contribution in [-0.2, 0) is 0 Å². The van der Waals surface area contributed by atoms with Gasteiger partial charge in [0.2, 0.25) is 0 Å². The highest BCUT2D eigenvalue weighted by molar-refractivity contribution is 7.80. The zero-order valence-corrected chi connectivity index (χ0v) is 11.5. The number of rotatable bonds is 4. The van der Waals surface area contributed by atoms with Gasteiger partial charge >= 0.3 is 6.03 Å². The average Bonchev–Trinajstić information content (AvgIpc) is 2.34. The molecule has 2 rings (SSSR count). The lowest BCUT2D eigenvalue weighted by molar-refractivity contribution is 0.240. The number of ether oxygens (including phenoxy) is 1. The van der Waals surface area contributed by atoms with Gasteiger partial charge in [0.1, 0.15) is 10.7 Å². The van der Waals surface area contributed by atoms with E-state index in [1.165, 1.54) is 7.11 Å². The first-order valence-corrected chi connectivity index (χ1v) is 6.57. The fourth-order valence-corrected chi connectivity index (χ4v) is 2.09. The molecule has 0 spiro atoms. The molecule has 0 aromatic heterocycles. The summed E-state index contributed by atoms with van der Waals surface area (Å²) in [6.45, 7) is 0. The topological polar surface area (TPSA) is 76.4 Å². The minimum absolute atomic E-state index is 0.220. The summed E-state index contributed by atoms with van der Waals surface area (Å²) in [5, 5.41) is 5.66. The summed E-state index contributed by atoms with van der Waals surface area (Å²) in [5.74, 6) is 0.536. The number of hydrogen-bond acceptors (Lipinski definition) is 3. The van der Waals surface area contributed by atoms with Gasteiger partial charge in [-0.3, -0.25) is 0 Å². The number of methoxy groups -OCH3 is 1. The molecule has 19 heavy (non-hydrogen) atoms. The van der Waals surface area contributed by atoms with E-state index in [4.69, 9.17) is 22.7 Å². The van der Waals surface area contributed by atoms with Gasteiger partial charge in [0.05, 0.1) is 12.8 Å². The van der Waals surface area contributed by atoms with E-state index in [1.807, 2.05) is 0 Å². The Bertz CT molecular complexity index is 501. The van der Waals surface area contributed by atoms with E-state index in [2.05, 4.69) is 10.6 Å². The second-order valence-corrected chi connectivity index (χ2v) is 4.91. The van der Waals surface area contributed by atoms with E-state index >= 15 is 0 Å². The van der Waals surface area contributed by atoms with Crippen LogP contribution in [0.5, 0.6) is 5.75 Å². The van der Waals surface area contributed by atoms with E-state index in [-0.39, 0.29) is 17.1 Å². The smallest absolute Gasteiger partial charge is 0.319 e. The maximum atomic E-state index is 11.9. The highest BCUT2D eigenvalue weighted by Crippen LogP contribution is 2.28. The second-order valence-electron chi connectivity index (χ2n) is 4.47. The van der Waals surface area contributed by atoms with Crippen molar-refractivity contribution in [3.8, 4) is 5.75 Å². The summed E-state index contributed by atoms with van der Waals surface area (Å²) < 4.78 is 5.22. The Hall–Kier alpha value is -1.82. The van der Waals surface area contributed by atoms with E-state index in [1.54, 1.807) is 18.2 Å². The molecular formula is C13H17N3O2S. The predicted molar refractivity (Wildman–Crippen MR) is 78.7 cm³/mol. The molecule has 0 radical (unpaired) electrons. The number of urea groups is 1. The summed E-state index contributed by atoms with van der Waals surface area (Å²) in [6, 6.07) is 5.29. The molecule has 0 aliphatic heterocycles. The number of para-hydroxylation sites is 1. The van der Waals surface area contributed by atoms with Crippen molar-refractivity contribution in [3.05, 3.63) is 23.8 Å². The first kappa shape index (κ1) is 13.6. The lowest BCUT2D eigenvalue weighted by atomic mass is 9.93. The number of carbonyl (C=O) groups is 1. The molecule has 0 saturated heterocycles. The molecule has 102 valence electrons. The standard InChI is InChI=1S/C13H17N3O2S/c1-18-10-7-3-6-9(12(14)19)11(10)16-13(17)15-8-4-2-5-8/h3,6-8H,2,4-5H2,1H3,(H2,14,19)(H2,15,16,17). The molecule has 1 saturated carbocycles. The Morgan fingerprint density at radius 1 is 1.47 bits per heavy atom. The second kappa shape index (κ2) is 5.88. The van der Waals surface area contributed by atoms with Crippen LogP contribution in [0.2, 0.25) is 0 Å². The highest BCUT2D eigenvalue weighted by Gasteiger charge is 2.21. The van der Waals surface area contributed by atoms with Gasteiger partial charge < -0.3 is 21.1 Å². The van der Waals surface area contributed by atoms with Crippen molar-refractivity contribution >= 4 is 28.9 Å². The molecule has 1 fully saturated rings. The third kappa shape index (κ3) is 3.14. The zero-order chi connectivity index (χ0) is 13.8. The number of amides is 2. The molecule has 0 bridgehead atoms. The van der Waals surface area contributed by atoms with Crippen LogP contribution in [0.25, 0.3) is 0 Å². The predicted octanol–water partition coefficient (Wildman–Crippen LogP) is 2.00. The van der Waals surface area contributed by atoms with E-state index in [0.717, 1.165) is 19.3 Å². The minimum Gasteiger partial charge on any atom is -0.495 e. The Kier molecular flexibility index (Phi) is 4.21. The third-order valence-corrected chi connectivity index (χ3v) is 3.41. The summed E-state index contributed by atoms with van der Waals surface area (Å²) in [6.07, 6.45) is 3.22. The van der Waals surface area contributed by atoms with Crippen LogP contribution in [0.3, 0.4) is 0 Å². The number of nitrogens with one attached hydrogen (secondary N) is 2. The fourth-order valence-electron chi connectivity index (χ4n) is 1.92. The molecule has 1 aliphatic rings. The summed E-state index contributed by atoms with van der Waals surface area (Å²) in [4.78, 5) is 12.1. The van der Waals surface area contributed by atoms with Gasteiger partial charge in [0.25, 0.3) is 0 Å². The fraction of sp³-hybridized carbons (Fsp3) is 0.385. The molecule has 0 heterocycles. The van der Waals surface area contributed by atoms with Crippen molar-refractivity contribution < 1.29 is 9.53 Å². The Morgan fingerprint density at radius 3 is 2.74 bits per heavy atom. The highest BCUT2D eigenvalue weighted by atomic mass is 32.1. The molecule has 2 amide bonds. The first-order valence-electron chi connectivity index (χ1n) is 6.16. The zero-order valence-electron chi connectivity index (χ0n) is 10.7. The number of nitrogens with two attached hydrogens (primary N) is 1. The summed E-state index contributed by atoms with van der Waals surface area (Å²) in [7, 11) is 1.54. The number of anilines is 1. The van der Waals surface area contributed by atoms with Gasteiger partial charge in [-0.1, -0.05) is 18.3 Å². The Labute approximate surface area is 117 Å². The van der Waals surface area contributed by atoms with Crippen LogP contribution in [0.1, 0.15) is 24.8 Å². The van der Waals surface area contributed by atoms with Gasteiger partial charge in [-0.2, -0.15) is 0 Å². The molecule has 0 unspecified atom stereocenters. The lowest BCUT2D eigenvalue weighted by Crippen LogP contribution is -2.42. The van der Waals surface area contributed by atoms with Crippen LogP contribution in [0.4, 0.5) is 10.5 Å². The van der Waals surface area contributed by atoms with Gasteiger partial charge in [0.15, 0.2) is 0 Å². The normalized spacial score (nSPS) is 14.4. The molecule has 5 nitrogen and oxygen atoms in total. The molecule has 6 heteroatoms. The Morgan fingerprint density at radius 2 is 2.21 bits per heavy atom. The Balaban J connectivity index is 2.16. The third-order valence-electron chi connectivity index (χ3n) is 3.19. The van der Waals surface area contributed by atoms with Crippen LogP contribution in [-0.4, -0.2) is 24.2 Å². The maximum absolute atomic E-state index is 11.9. The minimum atomic E-state index is -0.258. The van der Waals surface area contributed by atoms with Gasteiger partial charge in [-0.05, 0) is 31.4 Å². The van der Waals surface area contributed by atoms with Crippen molar-refractivity contribution in [3.63, 3.8) is 0 Å². The van der Waals surface area contributed by atoms with Crippen LogP contribution >= 0.6 is 12.2 Å². The largest absolute Gasteiger partial charge is 0.495 e. The molecule has 1 aromatic carbocycles.